The van der Waals surface area contributed by atoms with E-state index in [0.717, 1.165) is 22.9 Å². The summed E-state index contributed by atoms with van der Waals surface area (Å²) in [6.45, 7) is 1.89. The number of rotatable bonds is 4. The van der Waals surface area contributed by atoms with Gasteiger partial charge in [-0.25, -0.2) is 4.68 Å². The highest BCUT2D eigenvalue weighted by Crippen LogP contribution is 2.24. The molecule has 2 aromatic carbocycles. The van der Waals surface area contributed by atoms with E-state index in [0.29, 0.717) is 27.2 Å². The Morgan fingerprint density at radius 3 is 2.63 bits per heavy atom. The molecule has 0 saturated carbocycles. The van der Waals surface area contributed by atoms with Gasteiger partial charge in [-0.05, 0) is 31.2 Å². The number of aromatic nitrogens is 5. The molecule has 0 fully saturated rings. The molecule has 9 heteroatoms. The minimum atomic E-state index is -0.340. The van der Waals surface area contributed by atoms with Crippen LogP contribution in [0.2, 0.25) is 5.02 Å². The number of amides is 1. The molecule has 0 unspecified atom stereocenters. The number of nitrogens with one attached hydrogen (secondary N) is 1. The Labute approximate surface area is 163 Å². The maximum Gasteiger partial charge on any atom is 0.258 e. The van der Waals surface area contributed by atoms with E-state index in [4.69, 9.17) is 11.6 Å². The predicted molar refractivity (Wildman–Crippen MR) is 104 cm³/mol. The van der Waals surface area contributed by atoms with Crippen molar-refractivity contribution in [2.24, 2.45) is 0 Å². The van der Waals surface area contributed by atoms with Gasteiger partial charge in [-0.3, -0.25) is 10.1 Å². The van der Waals surface area contributed by atoms with Crippen molar-refractivity contribution in [2.45, 2.75) is 6.92 Å². The van der Waals surface area contributed by atoms with Gasteiger partial charge >= 0.3 is 0 Å². The van der Waals surface area contributed by atoms with Crippen molar-refractivity contribution >= 4 is 34.2 Å². The zero-order chi connectivity index (χ0) is 18.8. The third-order valence-electron chi connectivity index (χ3n) is 3.87. The van der Waals surface area contributed by atoms with Crippen LogP contribution in [-0.2, 0) is 0 Å². The van der Waals surface area contributed by atoms with Gasteiger partial charge in [0.05, 0.1) is 22.0 Å². The number of hydrogen-bond acceptors (Lipinski definition) is 6. The lowest BCUT2D eigenvalue weighted by molar-refractivity contribution is 0.102. The van der Waals surface area contributed by atoms with Crippen LogP contribution in [0.15, 0.2) is 54.6 Å². The molecule has 1 amide bonds. The predicted octanol–water partition coefficient (Wildman–Crippen LogP) is 4.00. The van der Waals surface area contributed by atoms with Gasteiger partial charge in [-0.2, -0.15) is 9.36 Å². The lowest BCUT2D eigenvalue weighted by Crippen LogP contribution is -2.12. The van der Waals surface area contributed by atoms with E-state index in [-0.39, 0.29) is 5.91 Å². The molecule has 1 N–H and O–H groups in total. The van der Waals surface area contributed by atoms with Crippen molar-refractivity contribution in [2.75, 3.05) is 5.32 Å². The van der Waals surface area contributed by atoms with Crippen molar-refractivity contribution in [3.63, 3.8) is 0 Å². The summed E-state index contributed by atoms with van der Waals surface area (Å²) < 4.78 is 6.01. The maximum absolute atomic E-state index is 12.3. The summed E-state index contributed by atoms with van der Waals surface area (Å²) in [5.74, 6) is 0.0714. The number of para-hydroxylation sites is 1. The number of benzene rings is 2. The zero-order valence-electron chi connectivity index (χ0n) is 14.1. The van der Waals surface area contributed by atoms with Crippen LogP contribution < -0.4 is 5.32 Å². The molecule has 27 heavy (non-hydrogen) atoms. The molecule has 0 bridgehead atoms. The molecule has 0 radical (unpaired) electrons. The number of carbonyl (C=O) groups excluding carboxylic acids is 1. The molecule has 134 valence electrons. The van der Waals surface area contributed by atoms with Crippen LogP contribution >= 0.6 is 23.1 Å². The number of hydrogen-bond donors (Lipinski definition) is 1. The monoisotopic (exact) mass is 396 g/mol. The molecule has 2 aromatic heterocycles. The minimum absolute atomic E-state index is 0.340. The average Bonchev–Trinajstić information content (AvgIpc) is 3.29. The first-order valence-corrected chi connectivity index (χ1v) is 9.16. The largest absolute Gasteiger partial charge is 0.297 e. The van der Waals surface area contributed by atoms with Crippen molar-refractivity contribution < 1.29 is 4.79 Å². The summed E-state index contributed by atoms with van der Waals surface area (Å²) in [7, 11) is 0. The third kappa shape index (κ3) is 3.44. The van der Waals surface area contributed by atoms with E-state index < -0.39 is 0 Å². The van der Waals surface area contributed by atoms with Crippen LogP contribution in [0.3, 0.4) is 0 Å². The first-order valence-electron chi connectivity index (χ1n) is 8.01. The standard InChI is InChI=1S/C18H13ClN6OS/c1-11-15(22-24-25(11)12-7-3-2-4-8-12)16-20-18(27-23-16)21-17(26)13-9-5-6-10-14(13)19/h2-10H,1H3,(H,20,21,23,26). The molecular formula is C18H13ClN6OS. The fourth-order valence-corrected chi connectivity index (χ4v) is 3.32. The van der Waals surface area contributed by atoms with Gasteiger partial charge in [-0.15, -0.1) is 5.10 Å². The Balaban J connectivity index is 1.58. The topological polar surface area (TPSA) is 85.6 Å². The Morgan fingerprint density at radius 2 is 1.85 bits per heavy atom. The van der Waals surface area contributed by atoms with E-state index in [2.05, 4.69) is 25.0 Å². The second kappa shape index (κ2) is 7.26. The second-order valence-corrected chi connectivity index (χ2v) is 6.79. The zero-order valence-corrected chi connectivity index (χ0v) is 15.7. The Morgan fingerprint density at radius 1 is 1.11 bits per heavy atom. The molecule has 0 aliphatic heterocycles. The van der Waals surface area contributed by atoms with Crippen molar-refractivity contribution in [3.05, 3.63) is 70.9 Å². The van der Waals surface area contributed by atoms with Crippen LogP contribution in [0.4, 0.5) is 5.13 Å². The molecule has 0 saturated heterocycles. The number of carbonyl (C=O) groups is 1. The van der Waals surface area contributed by atoms with Gasteiger partial charge < -0.3 is 0 Å². The quantitative estimate of drug-likeness (QED) is 0.563. The molecule has 0 spiro atoms. The molecular weight excluding hydrogens is 384 g/mol. The van der Waals surface area contributed by atoms with Gasteiger partial charge in [0.25, 0.3) is 5.91 Å². The van der Waals surface area contributed by atoms with Gasteiger partial charge in [0.15, 0.2) is 11.5 Å². The van der Waals surface area contributed by atoms with Crippen molar-refractivity contribution in [1.29, 1.82) is 0 Å². The lowest BCUT2D eigenvalue weighted by atomic mass is 10.2. The Hall–Kier alpha value is -3.10. The summed E-state index contributed by atoms with van der Waals surface area (Å²) in [6, 6.07) is 16.5. The first kappa shape index (κ1) is 17.3. The molecule has 0 aliphatic carbocycles. The van der Waals surface area contributed by atoms with Gasteiger partial charge in [-0.1, -0.05) is 47.1 Å². The molecule has 0 atom stereocenters. The van der Waals surface area contributed by atoms with Gasteiger partial charge in [0, 0.05) is 11.5 Å². The SMILES string of the molecule is Cc1c(-c2nsc(NC(=O)c3ccccc3Cl)n2)nnn1-c1ccccc1. The average molecular weight is 397 g/mol. The van der Waals surface area contributed by atoms with Crippen molar-refractivity contribution in [1.82, 2.24) is 24.4 Å². The van der Waals surface area contributed by atoms with Crippen LogP contribution in [-0.4, -0.2) is 30.3 Å². The van der Waals surface area contributed by atoms with Crippen LogP contribution in [0.5, 0.6) is 0 Å². The smallest absolute Gasteiger partial charge is 0.258 e. The van der Waals surface area contributed by atoms with Crippen LogP contribution in [0.25, 0.3) is 17.2 Å². The van der Waals surface area contributed by atoms with E-state index in [1.807, 2.05) is 37.3 Å². The lowest BCUT2D eigenvalue weighted by Gasteiger charge is -2.03. The van der Waals surface area contributed by atoms with Crippen LogP contribution in [0.1, 0.15) is 16.1 Å². The van der Waals surface area contributed by atoms with Crippen LogP contribution in [0, 0.1) is 6.92 Å². The molecule has 0 aliphatic rings. The second-order valence-electron chi connectivity index (χ2n) is 5.63. The summed E-state index contributed by atoms with van der Waals surface area (Å²) in [5.41, 5.74) is 2.65. The maximum atomic E-state index is 12.3. The van der Waals surface area contributed by atoms with E-state index in [1.54, 1.807) is 28.9 Å². The van der Waals surface area contributed by atoms with E-state index >= 15 is 0 Å². The summed E-state index contributed by atoms with van der Waals surface area (Å²) in [5, 5.41) is 11.8. The number of anilines is 1. The molecule has 4 aromatic rings. The first-order chi connectivity index (χ1) is 13.1. The van der Waals surface area contributed by atoms with Gasteiger partial charge in [0.1, 0.15) is 0 Å². The Kier molecular flexibility index (Phi) is 4.66. The summed E-state index contributed by atoms with van der Waals surface area (Å²) in [6.07, 6.45) is 0. The normalized spacial score (nSPS) is 10.7. The summed E-state index contributed by atoms with van der Waals surface area (Å²) in [4.78, 5) is 16.7. The van der Waals surface area contributed by atoms with E-state index in [1.165, 1.54) is 0 Å². The fraction of sp³-hybridized carbons (Fsp3) is 0.0556. The highest BCUT2D eigenvalue weighted by molar-refractivity contribution is 7.10. The highest BCUT2D eigenvalue weighted by atomic mass is 35.5. The third-order valence-corrected chi connectivity index (χ3v) is 4.83. The van der Waals surface area contributed by atoms with Gasteiger partial charge in [0.2, 0.25) is 5.13 Å². The minimum Gasteiger partial charge on any atom is -0.297 e. The fourth-order valence-electron chi connectivity index (χ4n) is 2.53. The number of halogens is 1. The number of nitrogens with zero attached hydrogens (tertiary/aromatic N) is 5. The molecule has 7 nitrogen and oxygen atoms in total. The Bertz CT molecular complexity index is 1110. The molecule has 4 rings (SSSR count). The highest BCUT2D eigenvalue weighted by Gasteiger charge is 2.18. The summed E-state index contributed by atoms with van der Waals surface area (Å²) >= 11 is 7.13. The molecule has 2 heterocycles. The van der Waals surface area contributed by atoms with E-state index in [9.17, 15) is 4.79 Å². The van der Waals surface area contributed by atoms with Crippen molar-refractivity contribution in [3.8, 4) is 17.2 Å².